The topological polar surface area (TPSA) is 60.8 Å². The van der Waals surface area contributed by atoms with Gasteiger partial charge in [-0.3, -0.25) is 9.69 Å². The van der Waals surface area contributed by atoms with Crippen LogP contribution in [0.5, 0.6) is 0 Å². The fourth-order valence-corrected chi connectivity index (χ4v) is 5.89. The molecule has 0 unspecified atom stereocenters. The first kappa shape index (κ1) is 22.9. The molecule has 1 fully saturated rings. The molecule has 2 aromatic rings. The fraction of sp³-hybridized carbons (Fsp3) is 0.520. The number of rotatable bonds is 6. The van der Waals surface area contributed by atoms with E-state index < -0.39 is 0 Å². The van der Waals surface area contributed by atoms with Crippen molar-refractivity contribution in [3.05, 3.63) is 41.6 Å². The van der Waals surface area contributed by atoms with E-state index in [1.807, 2.05) is 6.07 Å². The van der Waals surface area contributed by atoms with Crippen molar-refractivity contribution in [3.63, 3.8) is 0 Å². The SMILES string of the molecule is CCC(=O)OCCOC(=O)C1=C[C@@]2(CC)CCCN3CCc4c(n1c1ccccc41)[C@@H]32.Cl. The van der Waals surface area contributed by atoms with E-state index in [0.29, 0.717) is 18.2 Å². The van der Waals surface area contributed by atoms with Crippen LogP contribution in [0.2, 0.25) is 0 Å². The monoisotopic (exact) mass is 458 g/mol. The molecule has 6 nitrogen and oxygen atoms in total. The minimum Gasteiger partial charge on any atom is -0.462 e. The van der Waals surface area contributed by atoms with Crippen molar-refractivity contribution in [1.82, 2.24) is 9.47 Å². The van der Waals surface area contributed by atoms with Crippen molar-refractivity contribution in [2.75, 3.05) is 26.3 Å². The third-order valence-corrected chi connectivity index (χ3v) is 7.33. The number of nitrogens with zero attached hydrogens (tertiary/aromatic N) is 2. The van der Waals surface area contributed by atoms with Crippen LogP contribution in [-0.2, 0) is 25.5 Å². The summed E-state index contributed by atoms with van der Waals surface area (Å²) in [6.45, 7) is 6.33. The Kier molecular flexibility index (Phi) is 6.37. The Hall–Kier alpha value is -2.31. The molecule has 0 radical (unpaired) electrons. The van der Waals surface area contributed by atoms with Gasteiger partial charge >= 0.3 is 11.9 Å². The second kappa shape index (κ2) is 8.91. The van der Waals surface area contributed by atoms with Crippen molar-refractivity contribution >= 4 is 40.9 Å². The van der Waals surface area contributed by atoms with E-state index in [0.717, 1.165) is 44.3 Å². The molecular weight excluding hydrogens is 428 g/mol. The van der Waals surface area contributed by atoms with Crippen LogP contribution < -0.4 is 0 Å². The lowest BCUT2D eigenvalue weighted by molar-refractivity contribution is -0.149. The Labute approximate surface area is 194 Å². The van der Waals surface area contributed by atoms with E-state index in [2.05, 4.69) is 40.7 Å². The van der Waals surface area contributed by atoms with Gasteiger partial charge in [0.15, 0.2) is 0 Å². The van der Waals surface area contributed by atoms with Crippen LogP contribution >= 0.6 is 12.4 Å². The molecule has 0 spiro atoms. The summed E-state index contributed by atoms with van der Waals surface area (Å²) < 4.78 is 12.8. The van der Waals surface area contributed by atoms with E-state index in [-0.39, 0.29) is 43.0 Å². The highest BCUT2D eigenvalue weighted by Gasteiger charge is 2.51. The zero-order chi connectivity index (χ0) is 21.6. The highest BCUT2D eigenvalue weighted by molar-refractivity contribution is 6.13. The number of hydrogen-bond donors (Lipinski definition) is 0. The quantitative estimate of drug-likeness (QED) is 0.471. The van der Waals surface area contributed by atoms with Gasteiger partial charge in [0.1, 0.15) is 18.9 Å². The predicted octanol–water partition coefficient (Wildman–Crippen LogP) is 4.50. The van der Waals surface area contributed by atoms with Crippen LogP contribution in [0.15, 0.2) is 30.3 Å². The smallest absolute Gasteiger partial charge is 0.355 e. The van der Waals surface area contributed by atoms with Crippen molar-refractivity contribution in [3.8, 4) is 0 Å². The highest BCUT2D eigenvalue weighted by atomic mass is 35.5. The Balaban J connectivity index is 0.00000245. The van der Waals surface area contributed by atoms with Gasteiger partial charge in [-0.15, -0.1) is 12.4 Å². The number of para-hydroxylation sites is 1. The van der Waals surface area contributed by atoms with E-state index in [1.54, 1.807) is 6.92 Å². The van der Waals surface area contributed by atoms with Crippen LogP contribution in [0.1, 0.15) is 56.8 Å². The van der Waals surface area contributed by atoms with Crippen LogP contribution in [0.4, 0.5) is 0 Å². The first-order chi connectivity index (χ1) is 15.1. The summed E-state index contributed by atoms with van der Waals surface area (Å²) >= 11 is 0. The van der Waals surface area contributed by atoms with Crippen LogP contribution in [0, 0.1) is 5.41 Å². The molecule has 32 heavy (non-hydrogen) atoms. The molecule has 0 aliphatic carbocycles. The summed E-state index contributed by atoms with van der Waals surface area (Å²) in [5.41, 5.74) is 4.29. The zero-order valence-electron chi connectivity index (χ0n) is 18.8. The van der Waals surface area contributed by atoms with Gasteiger partial charge in [0.2, 0.25) is 0 Å². The average molecular weight is 459 g/mol. The summed E-state index contributed by atoms with van der Waals surface area (Å²) in [5, 5.41) is 1.24. The molecule has 172 valence electrons. The van der Waals surface area contributed by atoms with Crippen molar-refractivity contribution in [2.24, 2.45) is 5.41 Å². The molecule has 4 heterocycles. The van der Waals surface area contributed by atoms with Gasteiger partial charge in [0.25, 0.3) is 0 Å². The number of benzene rings is 1. The van der Waals surface area contributed by atoms with Gasteiger partial charge in [-0.05, 0) is 49.9 Å². The van der Waals surface area contributed by atoms with E-state index in [1.165, 1.54) is 16.6 Å². The predicted molar refractivity (Wildman–Crippen MR) is 126 cm³/mol. The lowest BCUT2D eigenvalue weighted by Crippen LogP contribution is -2.51. The van der Waals surface area contributed by atoms with Crippen LogP contribution in [0.25, 0.3) is 16.6 Å². The number of ether oxygens (including phenoxy) is 2. The van der Waals surface area contributed by atoms with Crippen LogP contribution in [0.3, 0.4) is 0 Å². The van der Waals surface area contributed by atoms with E-state index in [4.69, 9.17) is 9.47 Å². The normalized spacial score (nSPS) is 23.7. The van der Waals surface area contributed by atoms with E-state index >= 15 is 0 Å². The van der Waals surface area contributed by atoms with Gasteiger partial charge in [-0.2, -0.15) is 0 Å². The van der Waals surface area contributed by atoms with Gasteiger partial charge in [0, 0.05) is 29.5 Å². The Bertz CT molecular complexity index is 1080. The largest absolute Gasteiger partial charge is 0.462 e. The standard InChI is InChI=1S/C25H30N2O4.ClH/c1-3-21(28)30-14-15-31-24(29)20-16-25(4-2)11-7-12-26-13-10-18-17-8-5-6-9-19(17)27(20)22(18)23(25)26;/h5-6,8-9,16,23H,3-4,7,10-15H2,1-2H3;1H/t23-,25-;/m1./s1. The molecule has 2 atom stereocenters. The van der Waals surface area contributed by atoms with Gasteiger partial charge in [-0.1, -0.05) is 32.0 Å². The minimum absolute atomic E-state index is 0. The van der Waals surface area contributed by atoms with Crippen molar-refractivity contribution < 1.29 is 19.1 Å². The molecule has 0 bridgehead atoms. The summed E-state index contributed by atoms with van der Waals surface area (Å²) in [7, 11) is 0. The van der Waals surface area contributed by atoms with Crippen molar-refractivity contribution in [1.29, 1.82) is 0 Å². The number of hydrogen-bond acceptors (Lipinski definition) is 5. The summed E-state index contributed by atoms with van der Waals surface area (Å²) in [6.07, 6.45) is 6.73. The van der Waals surface area contributed by atoms with E-state index in [9.17, 15) is 9.59 Å². The molecule has 3 aliphatic rings. The molecule has 1 aromatic carbocycles. The Morgan fingerprint density at radius 3 is 2.69 bits per heavy atom. The highest BCUT2D eigenvalue weighted by Crippen LogP contribution is 2.57. The molecule has 1 saturated heterocycles. The molecule has 0 amide bonds. The van der Waals surface area contributed by atoms with Crippen LogP contribution in [-0.4, -0.2) is 47.7 Å². The number of esters is 2. The summed E-state index contributed by atoms with van der Waals surface area (Å²) in [6, 6.07) is 8.70. The maximum absolute atomic E-state index is 13.3. The lowest BCUT2D eigenvalue weighted by Gasteiger charge is -2.53. The Morgan fingerprint density at radius 1 is 1.12 bits per heavy atom. The second-order valence-corrected chi connectivity index (χ2v) is 8.83. The number of fused-ring (bicyclic) bond motifs is 3. The first-order valence-corrected chi connectivity index (χ1v) is 11.5. The number of carbonyl (C=O) groups is 2. The first-order valence-electron chi connectivity index (χ1n) is 11.5. The number of halogens is 1. The third-order valence-electron chi connectivity index (χ3n) is 7.33. The molecule has 0 saturated carbocycles. The van der Waals surface area contributed by atoms with Gasteiger partial charge in [-0.25, -0.2) is 4.79 Å². The van der Waals surface area contributed by atoms with Gasteiger partial charge < -0.3 is 14.0 Å². The maximum atomic E-state index is 13.3. The number of carbonyl (C=O) groups excluding carboxylic acids is 2. The molecule has 0 N–H and O–H groups in total. The van der Waals surface area contributed by atoms with Crippen molar-refractivity contribution in [2.45, 2.75) is 52.0 Å². The molecule has 7 heteroatoms. The summed E-state index contributed by atoms with van der Waals surface area (Å²) in [4.78, 5) is 27.3. The number of piperidine rings is 1. The fourth-order valence-electron chi connectivity index (χ4n) is 5.89. The lowest BCUT2D eigenvalue weighted by atomic mass is 9.66. The van der Waals surface area contributed by atoms with Gasteiger partial charge in [0.05, 0.1) is 11.6 Å². The molecular formula is C25H31ClN2O4. The number of aromatic nitrogens is 1. The average Bonchev–Trinajstić information content (AvgIpc) is 3.15. The molecule has 3 aliphatic heterocycles. The second-order valence-electron chi connectivity index (χ2n) is 8.83. The molecule has 1 aromatic heterocycles. The maximum Gasteiger partial charge on any atom is 0.355 e. The Morgan fingerprint density at radius 2 is 1.91 bits per heavy atom. The molecule has 5 rings (SSSR count). The summed E-state index contributed by atoms with van der Waals surface area (Å²) in [5.74, 6) is -0.626. The minimum atomic E-state index is -0.343. The third kappa shape index (κ3) is 3.44. The zero-order valence-corrected chi connectivity index (χ0v) is 19.6.